The highest BCUT2D eigenvalue weighted by Crippen LogP contribution is 2.19. The number of benzene rings is 1. The highest BCUT2D eigenvalue weighted by Gasteiger charge is 2.13. The average molecular weight is 282 g/mol. The van der Waals surface area contributed by atoms with Gasteiger partial charge in [0.1, 0.15) is 0 Å². The molecule has 0 radical (unpaired) electrons. The van der Waals surface area contributed by atoms with Crippen molar-refractivity contribution >= 4 is 17.3 Å². The Kier molecular flexibility index (Phi) is 3.73. The number of nitrogens with one attached hydrogen (secondary N) is 2. The fraction of sp³-hybridized carbons (Fsp3) is 0.250. The number of H-pyrrole nitrogens is 1. The Morgan fingerprint density at radius 3 is 2.76 bits per heavy atom. The van der Waals surface area contributed by atoms with Gasteiger partial charge < -0.3 is 10.3 Å². The number of rotatable bonds is 4. The zero-order chi connectivity index (χ0) is 14.7. The van der Waals surface area contributed by atoms with Crippen LogP contribution in [0.4, 0.5) is 5.69 Å². The maximum Gasteiger partial charge on any atom is 0.251 e. The molecule has 1 aromatic heterocycles. The fourth-order valence-electron chi connectivity index (χ4n) is 2.30. The quantitative estimate of drug-likeness (QED) is 0.905. The normalized spacial score (nSPS) is 14.1. The first-order chi connectivity index (χ1) is 10.2. The second-order valence-corrected chi connectivity index (χ2v) is 5.13. The van der Waals surface area contributed by atoms with E-state index in [0.29, 0.717) is 12.1 Å². The molecule has 2 aromatic rings. The monoisotopic (exact) mass is 282 g/mol. The fourth-order valence-corrected chi connectivity index (χ4v) is 2.30. The molecule has 5 nitrogen and oxygen atoms in total. The molecule has 0 aliphatic carbocycles. The molecule has 0 fully saturated rings. The number of hydrazone groups is 1. The van der Waals surface area contributed by atoms with Gasteiger partial charge in [-0.15, -0.1) is 0 Å². The molecule has 0 spiro atoms. The molecule has 5 heteroatoms. The highest BCUT2D eigenvalue weighted by atomic mass is 16.1. The van der Waals surface area contributed by atoms with Crippen LogP contribution in [-0.4, -0.2) is 23.1 Å². The summed E-state index contributed by atoms with van der Waals surface area (Å²) in [5.41, 5.74) is 3.81. The number of carbonyl (C=O) groups is 1. The van der Waals surface area contributed by atoms with Gasteiger partial charge in [0.05, 0.1) is 12.2 Å². The predicted octanol–water partition coefficient (Wildman–Crippen LogP) is 2.53. The molecule has 2 N–H and O–H groups in total. The summed E-state index contributed by atoms with van der Waals surface area (Å²) in [6.07, 6.45) is 2.84. The largest absolute Gasteiger partial charge is 0.364 e. The van der Waals surface area contributed by atoms with Gasteiger partial charge in [0.15, 0.2) is 0 Å². The van der Waals surface area contributed by atoms with Gasteiger partial charge in [0.2, 0.25) is 0 Å². The van der Waals surface area contributed by atoms with Gasteiger partial charge in [-0.3, -0.25) is 9.80 Å². The van der Waals surface area contributed by atoms with Gasteiger partial charge in [-0.2, -0.15) is 5.10 Å². The smallest absolute Gasteiger partial charge is 0.251 e. The van der Waals surface area contributed by atoms with Crippen LogP contribution in [0.15, 0.2) is 47.7 Å². The molecule has 1 aliphatic heterocycles. The maximum atomic E-state index is 12.1. The first kappa shape index (κ1) is 13.4. The third-order valence-corrected chi connectivity index (χ3v) is 3.51. The Balaban J connectivity index is 1.62. The van der Waals surface area contributed by atoms with E-state index in [-0.39, 0.29) is 5.91 Å². The summed E-state index contributed by atoms with van der Waals surface area (Å²) in [7, 11) is 0. The number of nitrogens with zero attached hydrogens (tertiary/aromatic N) is 2. The minimum Gasteiger partial charge on any atom is -0.364 e. The molecule has 2 heterocycles. The van der Waals surface area contributed by atoms with Gasteiger partial charge >= 0.3 is 0 Å². The van der Waals surface area contributed by atoms with Crippen molar-refractivity contribution in [2.75, 3.05) is 11.6 Å². The van der Waals surface area contributed by atoms with E-state index >= 15 is 0 Å². The number of carbonyl (C=O) groups excluding carboxylic acids is 1. The summed E-state index contributed by atoms with van der Waals surface area (Å²) < 4.78 is 0. The molecule has 0 saturated heterocycles. The number of amides is 1. The zero-order valence-corrected chi connectivity index (χ0v) is 12.0. The zero-order valence-electron chi connectivity index (χ0n) is 12.0. The number of aromatic nitrogens is 1. The van der Waals surface area contributed by atoms with E-state index < -0.39 is 0 Å². The van der Waals surface area contributed by atoms with Crippen LogP contribution >= 0.6 is 0 Å². The molecule has 1 aromatic carbocycles. The maximum absolute atomic E-state index is 12.1. The lowest BCUT2D eigenvalue weighted by Crippen LogP contribution is -2.23. The Morgan fingerprint density at radius 2 is 2.14 bits per heavy atom. The van der Waals surface area contributed by atoms with Crippen molar-refractivity contribution in [2.45, 2.75) is 19.9 Å². The minimum absolute atomic E-state index is 0.0720. The van der Waals surface area contributed by atoms with E-state index in [2.05, 4.69) is 15.4 Å². The van der Waals surface area contributed by atoms with Gasteiger partial charge in [-0.1, -0.05) is 0 Å². The summed E-state index contributed by atoms with van der Waals surface area (Å²) in [5.74, 6) is -0.0720. The van der Waals surface area contributed by atoms with E-state index in [9.17, 15) is 4.79 Å². The van der Waals surface area contributed by atoms with Crippen molar-refractivity contribution in [1.82, 2.24) is 10.3 Å². The Hall–Kier alpha value is -2.56. The van der Waals surface area contributed by atoms with Crippen molar-refractivity contribution in [2.24, 2.45) is 5.10 Å². The lowest BCUT2D eigenvalue weighted by molar-refractivity contribution is 0.0950. The van der Waals surface area contributed by atoms with Crippen LogP contribution in [-0.2, 0) is 6.54 Å². The molecule has 1 aliphatic rings. The molecule has 0 unspecified atom stereocenters. The summed E-state index contributed by atoms with van der Waals surface area (Å²) >= 11 is 0. The Morgan fingerprint density at radius 1 is 1.33 bits per heavy atom. The summed E-state index contributed by atoms with van der Waals surface area (Å²) in [6.45, 7) is 3.44. The van der Waals surface area contributed by atoms with Gasteiger partial charge in [0, 0.05) is 36.1 Å². The third kappa shape index (κ3) is 3.13. The molecule has 0 atom stereocenters. The number of aromatic amines is 1. The standard InChI is InChI=1S/C16H18N4O/c1-12-8-10-20(19-12)15-6-4-13(5-7-15)16(21)18-11-14-3-2-9-17-14/h2-7,9,17H,8,10-11H2,1H3,(H,18,21). The molecule has 1 amide bonds. The van der Waals surface area contributed by atoms with Crippen LogP contribution in [0, 0.1) is 0 Å². The van der Waals surface area contributed by atoms with Crippen LogP contribution in [0.1, 0.15) is 29.4 Å². The van der Waals surface area contributed by atoms with Crippen LogP contribution in [0.25, 0.3) is 0 Å². The van der Waals surface area contributed by atoms with E-state index in [1.807, 2.05) is 54.5 Å². The SMILES string of the molecule is CC1=NN(c2ccc(C(=O)NCc3ccc[nH]3)cc2)CC1. The van der Waals surface area contributed by atoms with E-state index in [4.69, 9.17) is 0 Å². The molecular weight excluding hydrogens is 264 g/mol. The van der Waals surface area contributed by atoms with E-state index in [1.165, 1.54) is 0 Å². The van der Waals surface area contributed by atoms with Gasteiger partial charge in [-0.25, -0.2) is 0 Å². The predicted molar refractivity (Wildman–Crippen MR) is 83.5 cm³/mol. The number of hydrogen-bond acceptors (Lipinski definition) is 3. The van der Waals surface area contributed by atoms with Crippen molar-refractivity contribution in [1.29, 1.82) is 0 Å². The molecular formula is C16H18N4O. The number of anilines is 1. The third-order valence-electron chi connectivity index (χ3n) is 3.51. The number of hydrogen-bond donors (Lipinski definition) is 2. The van der Waals surface area contributed by atoms with Crippen molar-refractivity contribution < 1.29 is 4.79 Å². The van der Waals surface area contributed by atoms with Crippen LogP contribution < -0.4 is 10.3 Å². The van der Waals surface area contributed by atoms with Gasteiger partial charge in [0.25, 0.3) is 5.91 Å². The lowest BCUT2D eigenvalue weighted by Gasteiger charge is -2.13. The molecule has 21 heavy (non-hydrogen) atoms. The average Bonchev–Trinajstić information content (AvgIpc) is 3.16. The van der Waals surface area contributed by atoms with Crippen molar-refractivity contribution in [3.63, 3.8) is 0 Å². The summed E-state index contributed by atoms with van der Waals surface area (Å²) in [6, 6.07) is 11.4. The van der Waals surface area contributed by atoms with Gasteiger partial charge in [-0.05, 0) is 43.3 Å². The minimum atomic E-state index is -0.0720. The van der Waals surface area contributed by atoms with Crippen molar-refractivity contribution in [3.05, 3.63) is 53.9 Å². The second-order valence-electron chi connectivity index (χ2n) is 5.13. The Labute approximate surface area is 123 Å². The Bertz CT molecular complexity index is 643. The molecule has 3 rings (SSSR count). The van der Waals surface area contributed by atoms with Crippen LogP contribution in [0.5, 0.6) is 0 Å². The summed E-state index contributed by atoms with van der Waals surface area (Å²) in [5, 5.41) is 9.30. The second kappa shape index (κ2) is 5.83. The first-order valence-electron chi connectivity index (χ1n) is 7.04. The van der Waals surface area contributed by atoms with E-state index in [0.717, 1.165) is 30.1 Å². The van der Waals surface area contributed by atoms with Crippen LogP contribution in [0.2, 0.25) is 0 Å². The van der Waals surface area contributed by atoms with E-state index in [1.54, 1.807) is 0 Å². The molecule has 108 valence electrons. The lowest BCUT2D eigenvalue weighted by atomic mass is 10.2. The topological polar surface area (TPSA) is 60.5 Å². The summed E-state index contributed by atoms with van der Waals surface area (Å²) in [4.78, 5) is 15.1. The van der Waals surface area contributed by atoms with Crippen molar-refractivity contribution in [3.8, 4) is 0 Å². The molecule has 0 bridgehead atoms. The first-order valence-corrected chi connectivity index (χ1v) is 7.04. The van der Waals surface area contributed by atoms with Crippen LogP contribution in [0.3, 0.4) is 0 Å². The highest BCUT2D eigenvalue weighted by molar-refractivity contribution is 5.94. The molecule has 0 saturated carbocycles.